The largest absolute Gasteiger partial charge is 0.490 e. The molecule has 1 amide bonds. The van der Waals surface area contributed by atoms with Gasteiger partial charge < -0.3 is 25.3 Å². The summed E-state index contributed by atoms with van der Waals surface area (Å²) < 4.78 is 16.0. The Kier molecular flexibility index (Phi) is 7.68. The van der Waals surface area contributed by atoms with Crippen LogP contribution in [0.25, 0.3) is 0 Å². The molecule has 0 aliphatic heterocycles. The number of nitrogen functional groups attached to an aromatic ring is 1. The van der Waals surface area contributed by atoms with Gasteiger partial charge in [0.25, 0.3) is 5.91 Å². The van der Waals surface area contributed by atoms with Gasteiger partial charge in [0.15, 0.2) is 11.5 Å². The van der Waals surface area contributed by atoms with E-state index in [2.05, 4.69) is 5.32 Å². The molecule has 0 fully saturated rings. The molecule has 0 bridgehead atoms. The highest BCUT2D eigenvalue weighted by Crippen LogP contribution is 2.32. The first-order chi connectivity index (χ1) is 13.5. The fourth-order valence-corrected chi connectivity index (χ4v) is 2.71. The third-order valence-electron chi connectivity index (χ3n) is 4.02. The predicted molar refractivity (Wildman–Crippen MR) is 106 cm³/mol. The maximum Gasteiger partial charge on any atom is 0.307 e. The number of nitrogens with one attached hydrogen (secondary N) is 1. The molecule has 1 atom stereocenters. The van der Waals surface area contributed by atoms with Crippen molar-refractivity contribution in [3.63, 3.8) is 0 Å². The third-order valence-corrected chi connectivity index (χ3v) is 4.02. The zero-order chi connectivity index (χ0) is 20.5. The fourth-order valence-electron chi connectivity index (χ4n) is 2.71. The van der Waals surface area contributed by atoms with Crippen LogP contribution in [0.2, 0.25) is 0 Å². The lowest BCUT2D eigenvalue weighted by atomic mass is 10.0. The number of carbonyl (C=O) groups excluding carboxylic acids is 2. The number of methoxy groups -OCH3 is 1. The van der Waals surface area contributed by atoms with Crippen molar-refractivity contribution in [2.24, 2.45) is 0 Å². The van der Waals surface area contributed by atoms with Crippen LogP contribution in [-0.2, 0) is 9.53 Å². The highest BCUT2D eigenvalue weighted by molar-refractivity contribution is 5.95. The number of nitrogens with two attached hydrogens (primary N) is 1. The van der Waals surface area contributed by atoms with Gasteiger partial charge in [0, 0.05) is 11.3 Å². The minimum atomic E-state index is -0.601. The van der Waals surface area contributed by atoms with Crippen LogP contribution < -0.4 is 20.5 Å². The fraction of sp³-hybridized carbons (Fsp3) is 0.333. The van der Waals surface area contributed by atoms with E-state index in [0.717, 1.165) is 0 Å². The Hall–Kier alpha value is -3.22. The molecule has 0 aromatic heterocycles. The van der Waals surface area contributed by atoms with Crippen molar-refractivity contribution in [1.82, 2.24) is 5.32 Å². The average molecular weight is 386 g/mol. The summed E-state index contributed by atoms with van der Waals surface area (Å²) in [6.45, 7) is 4.71. The number of hydrogen-bond donors (Lipinski definition) is 2. The van der Waals surface area contributed by atoms with Gasteiger partial charge in [0.1, 0.15) is 0 Å². The van der Waals surface area contributed by atoms with E-state index >= 15 is 0 Å². The quantitative estimate of drug-likeness (QED) is 0.507. The number of carbonyl (C=O) groups is 2. The number of esters is 1. The Morgan fingerprint density at radius 1 is 1.04 bits per heavy atom. The Morgan fingerprint density at radius 3 is 2.39 bits per heavy atom. The van der Waals surface area contributed by atoms with E-state index in [0.29, 0.717) is 41.5 Å². The highest BCUT2D eigenvalue weighted by atomic mass is 16.5. The second kappa shape index (κ2) is 10.2. The molecule has 0 heterocycles. The molecule has 150 valence electrons. The summed E-state index contributed by atoms with van der Waals surface area (Å²) in [7, 11) is 1.31. The van der Waals surface area contributed by atoms with Crippen molar-refractivity contribution in [1.29, 1.82) is 0 Å². The van der Waals surface area contributed by atoms with Crippen molar-refractivity contribution in [3.05, 3.63) is 53.6 Å². The van der Waals surface area contributed by atoms with Gasteiger partial charge in [-0.05, 0) is 49.7 Å². The third kappa shape index (κ3) is 5.64. The molecule has 7 heteroatoms. The first-order valence-corrected chi connectivity index (χ1v) is 9.11. The van der Waals surface area contributed by atoms with Gasteiger partial charge in [-0.25, -0.2) is 0 Å². The minimum absolute atomic E-state index is 0.0237. The molecule has 0 aliphatic rings. The van der Waals surface area contributed by atoms with E-state index in [1.807, 2.05) is 13.8 Å². The van der Waals surface area contributed by atoms with E-state index in [1.165, 1.54) is 7.11 Å². The van der Waals surface area contributed by atoms with Gasteiger partial charge in [-0.3, -0.25) is 9.59 Å². The Balaban J connectivity index is 2.33. The van der Waals surface area contributed by atoms with Crippen molar-refractivity contribution >= 4 is 17.6 Å². The summed E-state index contributed by atoms with van der Waals surface area (Å²) in [5, 5.41) is 2.87. The van der Waals surface area contributed by atoms with E-state index in [1.54, 1.807) is 42.5 Å². The predicted octanol–water partition coefficient (Wildman–Crippen LogP) is 3.10. The normalized spacial score (nSPS) is 11.4. The first kappa shape index (κ1) is 21.1. The average Bonchev–Trinajstić information content (AvgIpc) is 2.69. The maximum atomic E-state index is 12.7. The van der Waals surface area contributed by atoms with Crippen LogP contribution in [0.5, 0.6) is 11.5 Å². The molecule has 0 saturated heterocycles. The zero-order valence-corrected chi connectivity index (χ0v) is 16.4. The van der Waals surface area contributed by atoms with Crippen LogP contribution in [0.4, 0.5) is 5.69 Å². The second-order valence-corrected chi connectivity index (χ2v) is 6.00. The van der Waals surface area contributed by atoms with Crippen LogP contribution in [0.3, 0.4) is 0 Å². The van der Waals surface area contributed by atoms with Crippen molar-refractivity contribution < 1.29 is 23.8 Å². The van der Waals surface area contributed by atoms with Crippen LogP contribution in [0, 0.1) is 0 Å². The summed E-state index contributed by atoms with van der Waals surface area (Å²) in [6, 6.07) is 11.4. The van der Waals surface area contributed by atoms with Crippen LogP contribution >= 0.6 is 0 Å². The lowest BCUT2D eigenvalue weighted by molar-refractivity contribution is -0.141. The lowest BCUT2D eigenvalue weighted by Crippen LogP contribution is -2.30. The molecule has 2 rings (SSSR count). The number of anilines is 1. The van der Waals surface area contributed by atoms with E-state index < -0.39 is 12.0 Å². The van der Waals surface area contributed by atoms with Crippen LogP contribution in [-0.4, -0.2) is 32.2 Å². The summed E-state index contributed by atoms with van der Waals surface area (Å²) in [5.41, 5.74) is 7.35. The van der Waals surface area contributed by atoms with Gasteiger partial charge in [0.05, 0.1) is 32.8 Å². The minimum Gasteiger partial charge on any atom is -0.490 e. The second-order valence-electron chi connectivity index (χ2n) is 6.00. The topological polar surface area (TPSA) is 99.9 Å². The monoisotopic (exact) mass is 386 g/mol. The molecule has 0 spiro atoms. The molecule has 1 unspecified atom stereocenters. The number of rotatable bonds is 9. The molecule has 28 heavy (non-hydrogen) atoms. The van der Waals surface area contributed by atoms with E-state index in [9.17, 15) is 9.59 Å². The van der Waals surface area contributed by atoms with Crippen LogP contribution in [0.1, 0.15) is 42.2 Å². The smallest absolute Gasteiger partial charge is 0.307 e. The molecular formula is C21H26N2O5. The van der Waals surface area contributed by atoms with Crippen molar-refractivity contribution in [3.8, 4) is 11.5 Å². The zero-order valence-electron chi connectivity index (χ0n) is 16.4. The molecule has 0 aliphatic carbocycles. The highest BCUT2D eigenvalue weighted by Gasteiger charge is 2.21. The number of amides is 1. The Morgan fingerprint density at radius 2 is 1.75 bits per heavy atom. The number of benzene rings is 2. The molecule has 0 saturated carbocycles. The molecule has 7 nitrogen and oxygen atoms in total. The standard InChI is InChI=1S/C21H26N2O5/c1-4-27-18-10-9-14(12-19(18)28-5-2)17(13-20(24)26-3)23-21(25)15-7-6-8-16(22)11-15/h6-12,17H,4-5,13,22H2,1-3H3,(H,23,25). The Labute approximate surface area is 164 Å². The van der Waals surface area contributed by atoms with Gasteiger partial charge in [-0.15, -0.1) is 0 Å². The van der Waals surface area contributed by atoms with Crippen molar-refractivity contribution in [2.75, 3.05) is 26.1 Å². The van der Waals surface area contributed by atoms with Gasteiger partial charge in [0.2, 0.25) is 0 Å². The molecule has 3 N–H and O–H groups in total. The summed E-state index contributed by atoms with van der Waals surface area (Å²) in [5.74, 6) is 0.375. The summed E-state index contributed by atoms with van der Waals surface area (Å²) in [6.07, 6.45) is -0.0237. The van der Waals surface area contributed by atoms with Gasteiger partial charge in [-0.1, -0.05) is 12.1 Å². The Bertz CT molecular complexity index is 822. The van der Waals surface area contributed by atoms with E-state index in [-0.39, 0.29) is 12.3 Å². The molecule has 2 aromatic carbocycles. The van der Waals surface area contributed by atoms with Gasteiger partial charge in [-0.2, -0.15) is 0 Å². The number of ether oxygens (including phenoxy) is 3. The number of hydrogen-bond acceptors (Lipinski definition) is 6. The van der Waals surface area contributed by atoms with Crippen LogP contribution in [0.15, 0.2) is 42.5 Å². The lowest BCUT2D eigenvalue weighted by Gasteiger charge is -2.20. The first-order valence-electron chi connectivity index (χ1n) is 9.11. The van der Waals surface area contributed by atoms with E-state index in [4.69, 9.17) is 19.9 Å². The summed E-state index contributed by atoms with van der Waals surface area (Å²) in [4.78, 5) is 24.6. The van der Waals surface area contributed by atoms with Crippen molar-refractivity contribution in [2.45, 2.75) is 26.3 Å². The summed E-state index contributed by atoms with van der Waals surface area (Å²) >= 11 is 0. The van der Waals surface area contributed by atoms with Gasteiger partial charge >= 0.3 is 5.97 Å². The maximum absolute atomic E-state index is 12.7. The molecule has 0 radical (unpaired) electrons. The SMILES string of the molecule is CCOc1ccc(C(CC(=O)OC)NC(=O)c2cccc(N)c2)cc1OCC. The molecular weight excluding hydrogens is 360 g/mol. The molecule has 2 aromatic rings.